The van der Waals surface area contributed by atoms with Crippen LogP contribution >= 0.6 is 0 Å². The summed E-state index contributed by atoms with van der Waals surface area (Å²) in [6.07, 6.45) is 0.364. The van der Waals surface area contributed by atoms with Gasteiger partial charge in [-0.25, -0.2) is 9.59 Å². The second kappa shape index (κ2) is 3.85. The molecule has 0 aromatic carbocycles. The molecule has 2 fully saturated rings. The molecule has 6 heteroatoms. The Hall–Kier alpha value is -1.30. The zero-order valence-electron chi connectivity index (χ0n) is 10.8. The number of hydrogen-bond donors (Lipinski definition) is 2. The molecule has 1 heterocycles. The standard InChI is InChI=1S/C12H19NO5/c1-11(2,3)18-10(17)13-7(9(15)16)4-12(6-14)5-8(12)13/h7-8,14H,4-6H2,1-3H3,(H,15,16)/t7-,8+,12-/m0/s1. The van der Waals surface area contributed by atoms with E-state index in [9.17, 15) is 14.7 Å². The Balaban J connectivity index is 2.15. The van der Waals surface area contributed by atoms with Crippen LogP contribution in [0.3, 0.4) is 0 Å². The van der Waals surface area contributed by atoms with Crippen molar-refractivity contribution in [1.82, 2.24) is 4.90 Å². The molecule has 3 atom stereocenters. The molecule has 1 aliphatic carbocycles. The topological polar surface area (TPSA) is 87.1 Å². The molecule has 0 radical (unpaired) electrons. The fraction of sp³-hybridized carbons (Fsp3) is 0.833. The lowest BCUT2D eigenvalue weighted by Crippen LogP contribution is -2.45. The first-order valence-electron chi connectivity index (χ1n) is 6.05. The number of carboxylic acid groups (broad SMARTS) is 1. The maximum Gasteiger partial charge on any atom is 0.411 e. The first-order chi connectivity index (χ1) is 8.20. The number of nitrogens with zero attached hydrogens (tertiary/aromatic N) is 1. The maximum absolute atomic E-state index is 12.0. The van der Waals surface area contributed by atoms with Crippen molar-refractivity contribution in [2.24, 2.45) is 5.41 Å². The van der Waals surface area contributed by atoms with Crippen LogP contribution in [0.15, 0.2) is 0 Å². The van der Waals surface area contributed by atoms with Gasteiger partial charge in [-0.05, 0) is 33.6 Å². The summed E-state index contributed by atoms with van der Waals surface area (Å²) in [6.45, 7) is 5.13. The Bertz CT molecular complexity index is 388. The van der Waals surface area contributed by atoms with Gasteiger partial charge < -0.3 is 14.9 Å². The van der Waals surface area contributed by atoms with Gasteiger partial charge in [-0.2, -0.15) is 0 Å². The van der Waals surface area contributed by atoms with Crippen molar-refractivity contribution < 1.29 is 24.5 Å². The van der Waals surface area contributed by atoms with Gasteiger partial charge in [-0.15, -0.1) is 0 Å². The molecular weight excluding hydrogens is 238 g/mol. The van der Waals surface area contributed by atoms with Crippen LogP contribution in [-0.4, -0.2) is 51.5 Å². The van der Waals surface area contributed by atoms with E-state index in [0.29, 0.717) is 12.8 Å². The smallest absolute Gasteiger partial charge is 0.411 e. The number of carbonyl (C=O) groups is 2. The van der Waals surface area contributed by atoms with Crippen molar-refractivity contribution in [2.75, 3.05) is 6.61 Å². The van der Waals surface area contributed by atoms with Gasteiger partial charge in [0.25, 0.3) is 0 Å². The summed E-state index contributed by atoms with van der Waals surface area (Å²) in [5, 5.41) is 18.5. The average molecular weight is 257 g/mol. The Morgan fingerprint density at radius 3 is 2.44 bits per heavy atom. The molecule has 0 aromatic heterocycles. The number of fused-ring (bicyclic) bond motifs is 1. The Labute approximate surface area is 106 Å². The summed E-state index contributed by atoms with van der Waals surface area (Å²) < 4.78 is 5.23. The van der Waals surface area contributed by atoms with Gasteiger partial charge in [0.15, 0.2) is 0 Å². The van der Waals surface area contributed by atoms with Crippen molar-refractivity contribution in [2.45, 2.75) is 51.3 Å². The van der Waals surface area contributed by atoms with Gasteiger partial charge in [0.05, 0.1) is 6.61 Å². The average Bonchev–Trinajstić information content (AvgIpc) is 2.82. The number of hydrogen-bond acceptors (Lipinski definition) is 4. The molecule has 102 valence electrons. The molecule has 2 rings (SSSR count). The van der Waals surface area contributed by atoms with E-state index in [4.69, 9.17) is 9.84 Å². The molecule has 0 spiro atoms. The highest BCUT2D eigenvalue weighted by atomic mass is 16.6. The summed E-state index contributed by atoms with van der Waals surface area (Å²) in [5.74, 6) is -1.04. The van der Waals surface area contributed by atoms with Crippen LogP contribution in [0.1, 0.15) is 33.6 Å². The molecule has 2 N–H and O–H groups in total. The van der Waals surface area contributed by atoms with Gasteiger partial charge in [-0.3, -0.25) is 4.90 Å². The molecule has 18 heavy (non-hydrogen) atoms. The molecule has 1 saturated carbocycles. The van der Waals surface area contributed by atoms with E-state index in [1.54, 1.807) is 20.8 Å². The van der Waals surface area contributed by atoms with Crippen LogP contribution < -0.4 is 0 Å². The highest BCUT2D eigenvalue weighted by Gasteiger charge is 2.67. The van der Waals surface area contributed by atoms with Crippen LogP contribution in [0.25, 0.3) is 0 Å². The summed E-state index contributed by atoms with van der Waals surface area (Å²) in [4.78, 5) is 24.5. The number of likely N-dealkylation sites (tertiary alicyclic amines) is 1. The Morgan fingerprint density at radius 1 is 1.39 bits per heavy atom. The van der Waals surface area contributed by atoms with Gasteiger partial charge in [-0.1, -0.05) is 0 Å². The largest absolute Gasteiger partial charge is 0.480 e. The van der Waals surface area contributed by atoms with Crippen molar-refractivity contribution in [3.63, 3.8) is 0 Å². The van der Waals surface area contributed by atoms with Crippen molar-refractivity contribution in [1.29, 1.82) is 0 Å². The third kappa shape index (κ3) is 2.05. The zero-order chi connectivity index (χ0) is 13.7. The third-order valence-corrected chi connectivity index (χ3v) is 3.62. The van der Waals surface area contributed by atoms with E-state index in [0.717, 1.165) is 0 Å². The fourth-order valence-corrected chi connectivity index (χ4v) is 2.65. The number of rotatable bonds is 2. The predicted molar refractivity (Wildman–Crippen MR) is 62.0 cm³/mol. The van der Waals surface area contributed by atoms with Gasteiger partial charge >= 0.3 is 12.1 Å². The van der Waals surface area contributed by atoms with Gasteiger partial charge in [0.2, 0.25) is 0 Å². The molecule has 2 aliphatic rings. The number of aliphatic hydroxyl groups excluding tert-OH is 1. The molecular formula is C12H19NO5. The molecule has 6 nitrogen and oxygen atoms in total. The van der Waals surface area contributed by atoms with Crippen LogP contribution in [0.5, 0.6) is 0 Å². The third-order valence-electron chi connectivity index (χ3n) is 3.62. The van der Waals surface area contributed by atoms with Crippen molar-refractivity contribution in [3.8, 4) is 0 Å². The van der Waals surface area contributed by atoms with Crippen LogP contribution in [0.4, 0.5) is 4.79 Å². The molecule has 0 bridgehead atoms. The van der Waals surface area contributed by atoms with Gasteiger partial charge in [0.1, 0.15) is 11.6 Å². The number of carbonyl (C=O) groups excluding carboxylic acids is 1. The van der Waals surface area contributed by atoms with E-state index in [-0.39, 0.29) is 12.6 Å². The molecule has 0 unspecified atom stereocenters. The molecule has 1 amide bonds. The SMILES string of the molecule is CC(C)(C)OC(=O)N1[C@H](C(=O)O)C[C@@]2(CO)C[C@@H]12. The van der Waals surface area contributed by atoms with Crippen molar-refractivity contribution >= 4 is 12.1 Å². The second-order valence-electron chi connectivity index (χ2n) is 6.19. The van der Waals surface area contributed by atoms with E-state index in [1.807, 2.05) is 0 Å². The first-order valence-corrected chi connectivity index (χ1v) is 6.05. The number of amides is 1. The number of aliphatic carboxylic acids is 1. The lowest BCUT2D eigenvalue weighted by molar-refractivity contribution is -0.142. The summed E-state index contributed by atoms with van der Waals surface area (Å²) in [5.41, 5.74) is -1.07. The summed E-state index contributed by atoms with van der Waals surface area (Å²) in [6, 6.07) is -1.08. The quantitative estimate of drug-likeness (QED) is 0.765. The van der Waals surface area contributed by atoms with Crippen molar-refractivity contribution in [3.05, 3.63) is 0 Å². The van der Waals surface area contributed by atoms with E-state index in [1.165, 1.54) is 4.90 Å². The second-order valence-corrected chi connectivity index (χ2v) is 6.19. The van der Waals surface area contributed by atoms with E-state index in [2.05, 4.69) is 0 Å². The maximum atomic E-state index is 12.0. The zero-order valence-corrected chi connectivity index (χ0v) is 10.8. The highest BCUT2D eigenvalue weighted by molar-refractivity contribution is 5.82. The normalized spacial score (nSPS) is 34.1. The lowest BCUT2D eigenvalue weighted by atomic mass is 10.0. The predicted octanol–water partition coefficient (Wildman–Crippen LogP) is 0.831. The molecule has 0 aromatic rings. The highest BCUT2D eigenvalue weighted by Crippen LogP contribution is 2.59. The number of carboxylic acids is 1. The monoisotopic (exact) mass is 257 g/mol. The fourth-order valence-electron chi connectivity index (χ4n) is 2.65. The van der Waals surface area contributed by atoms with Gasteiger partial charge in [0, 0.05) is 11.5 Å². The van der Waals surface area contributed by atoms with Crippen LogP contribution in [0.2, 0.25) is 0 Å². The van der Waals surface area contributed by atoms with Crippen LogP contribution in [-0.2, 0) is 9.53 Å². The van der Waals surface area contributed by atoms with E-state index < -0.39 is 29.1 Å². The molecule has 1 saturated heterocycles. The van der Waals surface area contributed by atoms with Crippen LogP contribution in [0, 0.1) is 5.41 Å². The summed E-state index contributed by atoms with van der Waals surface area (Å²) in [7, 11) is 0. The Kier molecular flexibility index (Phi) is 2.81. The number of aliphatic hydroxyl groups is 1. The summed E-state index contributed by atoms with van der Waals surface area (Å²) >= 11 is 0. The minimum absolute atomic E-state index is 0.0826. The minimum Gasteiger partial charge on any atom is -0.480 e. The Morgan fingerprint density at radius 2 is 2.00 bits per heavy atom. The number of ether oxygens (including phenoxy) is 1. The molecule has 1 aliphatic heterocycles. The first kappa shape index (κ1) is 13.1. The lowest BCUT2D eigenvalue weighted by Gasteiger charge is -2.28. The van der Waals surface area contributed by atoms with E-state index >= 15 is 0 Å². The minimum atomic E-state index is -1.04. The number of piperidine rings is 1.